The molecule has 2 N–H and O–H groups in total. The zero-order valence-corrected chi connectivity index (χ0v) is 16.8. The van der Waals surface area contributed by atoms with E-state index in [1.165, 1.54) is 4.52 Å². The van der Waals surface area contributed by atoms with Gasteiger partial charge in [0.25, 0.3) is 5.56 Å². The second kappa shape index (κ2) is 7.35. The number of anilines is 1. The molecule has 4 aromatic rings. The van der Waals surface area contributed by atoms with Crippen molar-refractivity contribution in [2.24, 2.45) is 0 Å². The van der Waals surface area contributed by atoms with Crippen molar-refractivity contribution >= 4 is 17.3 Å². The van der Waals surface area contributed by atoms with Crippen molar-refractivity contribution in [3.63, 3.8) is 0 Å². The van der Waals surface area contributed by atoms with Gasteiger partial charge >= 0.3 is 0 Å². The van der Waals surface area contributed by atoms with Gasteiger partial charge in [0.1, 0.15) is 29.0 Å². The molecule has 2 aromatic heterocycles. The number of benzene rings is 2. The van der Waals surface area contributed by atoms with E-state index in [4.69, 9.17) is 4.74 Å². The van der Waals surface area contributed by atoms with Crippen LogP contribution in [0.15, 0.2) is 65.6 Å². The molecule has 32 heavy (non-hydrogen) atoms. The van der Waals surface area contributed by atoms with Gasteiger partial charge in [0.15, 0.2) is 5.65 Å². The highest BCUT2D eigenvalue weighted by Crippen LogP contribution is 2.32. The van der Waals surface area contributed by atoms with Gasteiger partial charge in [0, 0.05) is 17.3 Å². The van der Waals surface area contributed by atoms with Crippen molar-refractivity contribution in [3.8, 4) is 29.0 Å². The number of nitriles is 2. The van der Waals surface area contributed by atoms with Gasteiger partial charge < -0.3 is 10.2 Å². The Morgan fingerprint density at radius 1 is 0.969 bits per heavy atom. The quantitative estimate of drug-likeness (QED) is 0.522. The molecule has 0 bridgehead atoms. The summed E-state index contributed by atoms with van der Waals surface area (Å²) in [6.07, 6.45) is 1.69. The van der Waals surface area contributed by atoms with Gasteiger partial charge in [-0.1, -0.05) is 42.5 Å². The summed E-state index contributed by atoms with van der Waals surface area (Å²) in [4.78, 5) is 18.0. The van der Waals surface area contributed by atoms with Crippen molar-refractivity contribution in [1.82, 2.24) is 19.6 Å². The van der Waals surface area contributed by atoms with Gasteiger partial charge in [-0.15, -0.1) is 0 Å². The van der Waals surface area contributed by atoms with Crippen molar-refractivity contribution in [2.75, 3.05) is 12.5 Å². The maximum atomic E-state index is 13.5. The summed E-state index contributed by atoms with van der Waals surface area (Å²) >= 11 is 0. The van der Waals surface area contributed by atoms with Gasteiger partial charge in [-0.2, -0.15) is 20.0 Å². The van der Waals surface area contributed by atoms with Crippen LogP contribution in [0.1, 0.15) is 16.7 Å². The minimum absolute atomic E-state index is 0.127. The van der Waals surface area contributed by atoms with E-state index in [-0.39, 0.29) is 22.3 Å². The predicted molar refractivity (Wildman–Crippen MR) is 117 cm³/mol. The number of nitrogens with zero attached hydrogens (tertiary/aromatic N) is 5. The molecule has 154 valence electrons. The van der Waals surface area contributed by atoms with E-state index in [9.17, 15) is 15.3 Å². The Hall–Kier alpha value is -5.02. The molecule has 0 aliphatic carbocycles. The molecular weight excluding hydrogens is 406 g/mol. The van der Waals surface area contributed by atoms with E-state index in [1.54, 1.807) is 42.3 Å². The molecule has 0 saturated carbocycles. The number of nitrogens with one attached hydrogen (secondary N) is 2. The van der Waals surface area contributed by atoms with E-state index in [2.05, 4.69) is 21.9 Å². The highest BCUT2D eigenvalue weighted by atomic mass is 16.5. The van der Waals surface area contributed by atoms with Crippen molar-refractivity contribution < 1.29 is 4.74 Å². The number of aromatic nitrogens is 3. The van der Waals surface area contributed by atoms with E-state index < -0.39 is 5.56 Å². The van der Waals surface area contributed by atoms with E-state index in [0.29, 0.717) is 23.0 Å². The molecule has 0 saturated heterocycles. The molecular formula is C23H15N7O2. The second-order valence-corrected chi connectivity index (χ2v) is 6.93. The highest BCUT2D eigenvalue weighted by molar-refractivity contribution is 5.83. The van der Waals surface area contributed by atoms with Crippen molar-refractivity contribution in [2.45, 2.75) is 0 Å². The summed E-state index contributed by atoms with van der Waals surface area (Å²) in [6, 6.07) is 20.4. The number of rotatable bonds is 3. The summed E-state index contributed by atoms with van der Waals surface area (Å²) in [5.74, 6) is 0.935. The van der Waals surface area contributed by atoms with Gasteiger partial charge in [-0.3, -0.25) is 10.2 Å². The largest absolute Gasteiger partial charge is 0.497 e. The molecule has 0 amide bonds. The fourth-order valence-corrected chi connectivity index (χ4v) is 3.79. The molecule has 1 aliphatic rings. The fourth-order valence-electron chi connectivity index (χ4n) is 3.79. The Bertz CT molecular complexity index is 1530. The number of ether oxygens (including phenoxy) is 1. The van der Waals surface area contributed by atoms with Crippen LogP contribution in [-0.4, -0.2) is 21.3 Å². The highest BCUT2D eigenvalue weighted by Gasteiger charge is 2.27. The molecule has 0 atom stereocenters. The van der Waals surface area contributed by atoms with E-state index in [1.807, 2.05) is 36.4 Å². The third kappa shape index (κ3) is 2.70. The first-order valence-electron chi connectivity index (χ1n) is 9.61. The van der Waals surface area contributed by atoms with Crippen LogP contribution in [0.5, 0.6) is 5.75 Å². The first-order valence-corrected chi connectivity index (χ1v) is 9.61. The Balaban J connectivity index is 1.86. The normalized spacial score (nSPS) is 12.0. The number of methoxy groups -OCH3 is 1. The van der Waals surface area contributed by atoms with E-state index in [0.717, 1.165) is 5.56 Å². The molecule has 9 nitrogen and oxygen atoms in total. The lowest BCUT2D eigenvalue weighted by Gasteiger charge is -2.19. The fraction of sp³-hybridized carbons (Fsp3) is 0.0435. The third-order valence-electron chi connectivity index (χ3n) is 5.24. The third-order valence-corrected chi connectivity index (χ3v) is 5.24. The Morgan fingerprint density at radius 2 is 1.69 bits per heavy atom. The molecule has 3 heterocycles. The molecule has 0 spiro atoms. The summed E-state index contributed by atoms with van der Waals surface area (Å²) in [6.45, 7) is 0. The average molecular weight is 421 g/mol. The predicted octanol–water partition coefficient (Wildman–Crippen LogP) is 2.69. The van der Waals surface area contributed by atoms with Gasteiger partial charge in [-0.05, 0) is 17.7 Å². The number of hydrazine groups is 1. The zero-order valence-electron chi connectivity index (χ0n) is 16.8. The minimum Gasteiger partial charge on any atom is -0.497 e. The molecule has 0 fully saturated rings. The smallest absolute Gasteiger partial charge is 0.290 e. The van der Waals surface area contributed by atoms with Crippen molar-refractivity contribution in [1.29, 1.82) is 10.5 Å². The van der Waals surface area contributed by atoms with Crippen LogP contribution in [0.3, 0.4) is 0 Å². The molecule has 5 rings (SSSR count). The van der Waals surface area contributed by atoms with Crippen LogP contribution in [0.2, 0.25) is 0 Å². The Morgan fingerprint density at radius 3 is 2.34 bits per heavy atom. The summed E-state index contributed by atoms with van der Waals surface area (Å²) in [5.41, 5.74) is 7.64. The van der Waals surface area contributed by atoms with Gasteiger partial charge in [-0.25, -0.2) is 4.68 Å². The van der Waals surface area contributed by atoms with Crippen LogP contribution >= 0.6 is 0 Å². The summed E-state index contributed by atoms with van der Waals surface area (Å²) < 4.78 is 8.00. The molecule has 1 aliphatic heterocycles. The second-order valence-electron chi connectivity index (χ2n) is 6.93. The lowest BCUT2D eigenvalue weighted by molar-refractivity contribution is 0.415. The van der Waals surface area contributed by atoms with Crippen molar-refractivity contribution in [3.05, 3.63) is 87.8 Å². The average Bonchev–Trinajstić information content (AvgIpc) is 3.24. The lowest BCUT2D eigenvalue weighted by Crippen LogP contribution is -2.30. The number of pyridine rings is 1. The lowest BCUT2D eigenvalue weighted by atomic mass is 9.97. The van der Waals surface area contributed by atoms with Crippen LogP contribution in [0, 0.1) is 22.7 Å². The maximum Gasteiger partial charge on any atom is 0.290 e. The first-order chi connectivity index (χ1) is 15.7. The topological polar surface area (TPSA) is 120 Å². The summed E-state index contributed by atoms with van der Waals surface area (Å²) in [5, 5.41) is 19.9. The number of hydrogen-bond acceptors (Lipinski definition) is 7. The maximum absolute atomic E-state index is 13.5. The van der Waals surface area contributed by atoms with Crippen LogP contribution in [0.4, 0.5) is 5.95 Å². The molecule has 2 aromatic carbocycles. The van der Waals surface area contributed by atoms with Crippen LogP contribution in [-0.2, 0) is 0 Å². The first kappa shape index (κ1) is 19.0. The standard InChI is InChI=1S/C23H15N7O2/c1-32-16-9-7-15(8-10-16)20-17(11-24)21-27-23-28-26-13-19(14-5-3-2-4-6-14)29(23)30(21)22(31)18(20)12-25/h2-10,13,26H,1H3,(H,27,28). The van der Waals surface area contributed by atoms with E-state index >= 15 is 0 Å². The SMILES string of the molecule is COc1ccc(-c2c(C#N)c(=O)n3c(nc4n3C(c3ccccc3)=CNN4)c2C#N)cc1. The summed E-state index contributed by atoms with van der Waals surface area (Å²) in [7, 11) is 1.55. The number of fused-ring (bicyclic) bond motifs is 3. The number of hydrogen-bond donors (Lipinski definition) is 2. The molecule has 0 radical (unpaired) electrons. The van der Waals surface area contributed by atoms with Crippen LogP contribution < -0.4 is 21.1 Å². The molecule has 9 heteroatoms. The van der Waals surface area contributed by atoms with Gasteiger partial charge in [0.05, 0.1) is 12.8 Å². The molecule has 0 unspecified atom stereocenters. The monoisotopic (exact) mass is 421 g/mol. The Kier molecular flexibility index (Phi) is 4.36. The van der Waals surface area contributed by atoms with Crippen LogP contribution in [0.25, 0.3) is 22.5 Å². The zero-order chi connectivity index (χ0) is 22.2. The van der Waals surface area contributed by atoms with Gasteiger partial charge in [0.2, 0.25) is 5.95 Å². The Labute approximate surface area is 182 Å². The minimum atomic E-state index is -0.573.